The van der Waals surface area contributed by atoms with Gasteiger partial charge in [0.05, 0.1) is 6.61 Å². The summed E-state index contributed by atoms with van der Waals surface area (Å²) in [6.45, 7) is 2.89. The molecule has 23 heavy (non-hydrogen) atoms. The van der Waals surface area contributed by atoms with Gasteiger partial charge >= 0.3 is 21.6 Å². The van der Waals surface area contributed by atoms with E-state index in [0.717, 1.165) is 6.07 Å². The van der Waals surface area contributed by atoms with E-state index in [4.69, 9.17) is 9.84 Å². The minimum atomic E-state index is -5.83. The predicted molar refractivity (Wildman–Crippen MR) is 74.5 cm³/mol. The van der Waals surface area contributed by atoms with Crippen molar-refractivity contribution in [3.05, 3.63) is 29.3 Å². The number of hydrogen-bond donors (Lipinski definition) is 1. The maximum absolute atomic E-state index is 12.3. The third-order valence-electron chi connectivity index (χ3n) is 2.47. The van der Waals surface area contributed by atoms with Crippen molar-refractivity contribution in [2.75, 3.05) is 6.61 Å². The van der Waals surface area contributed by atoms with Crippen LogP contribution in [0.25, 0.3) is 6.08 Å². The molecule has 0 aliphatic heterocycles. The molecule has 1 N–H and O–H groups in total. The molecule has 0 amide bonds. The summed E-state index contributed by atoms with van der Waals surface area (Å²) in [5.41, 5.74) is -5.30. The van der Waals surface area contributed by atoms with Crippen LogP contribution in [0.3, 0.4) is 0 Å². The van der Waals surface area contributed by atoms with E-state index in [1.54, 1.807) is 0 Å². The Hall–Kier alpha value is -2.23. The highest BCUT2D eigenvalue weighted by molar-refractivity contribution is 7.88. The van der Waals surface area contributed by atoms with Crippen molar-refractivity contribution in [3.63, 3.8) is 0 Å². The van der Waals surface area contributed by atoms with Crippen LogP contribution in [0.1, 0.15) is 19.4 Å². The van der Waals surface area contributed by atoms with Gasteiger partial charge in [0.1, 0.15) is 0 Å². The largest absolute Gasteiger partial charge is 0.534 e. The molecule has 6 nitrogen and oxygen atoms in total. The Bertz CT molecular complexity index is 722. The summed E-state index contributed by atoms with van der Waals surface area (Å²) in [6.07, 6.45) is 1.24. The van der Waals surface area contributed by atoms with Gasteiger partial charge in [-0.25, -0.2) is 4.79 Å². The summed E-state index contributed by atoms with van der Waals surface area (Å²) >= 11 is 0. The predicted octanol–water partition coefficient (Wildman–Crippen LogP) is 2.80. The Morgan fingerprint density at radius 2 is 1.91 bits per heavy atom. The lowest BCUT2D eigenvalue weighted by atomic mass is 10.1. The van der Waals surface area contributed by atoms with E-state index in [9.17, 15) is 26.4 Å². The molecule has 0 fully saturated rings. The van der Waals surface area contributed by atoms with Crippen LogP contribution in [-0.4, -0.2) is 31.6 Å². The molecule has 0 saturated heterocycles. The van der Waals surface area contributed by atoms with Gasteiger partial charge in [-0.2, -0.15) is 21.6 Å². The van der Waals surface area contributed by atoms with Gasteiger partial charge in [0.25, 0.3) is 0 Å². The maximum atomic E-state index is 12.3. The van der Waals surface area contributed by atoms with Crippen LogP contribution in [0, 0.1) is 0 Å². The smallest absolute Gasteiger partial charge is 0.490 e. The fraction of sp³-hybridized carbons (Fsp3) is 0.308. The molecule has 0 aromatic heterocycles. The molecular weight excluding hydrogens is 341 g/mol. The van der Waals surface area contributed by atoms with E-state index >= 15 is 0 Å². The number of halogens is 3. The standard InChI is InChI=1S/C13H13F3O6S/c1-3-21-11-7-9(6-8(2)12(17)18)4-5-10(11)22-23(19,20)13(14,15)16/h4-7H,3H2,1-2H3,(H,17,18)/b8-6+. The number of rotatable bonds is 6. The zero-order chi connectivity index (χ0) is 17.8. The molecule has 128 valence electrons. The van der Waals surface area contributed by atoms with Crippen LogP contribution < -0.4 is 8.92 Å². The van der Waals surface area contributed by atoms with Gasteiger partial charge in [-0.3, -0.25) is 0 Å². The zero-order valence-corrected chi connectivity index (χ0v) is 12.9. The number of carboxylic acids is 1. The zero-order valence-electron chi connectivity index (χ0n) is 12.0. The number of carbonyl (C=O) groups is 1. The number of alkyl halides is 3. The van der Waals surface area contributed by atoms with Crippen LogP contribution in [0.15, 0.2) is 23.8 Å². The Morgan fingerprint density at radius 1 is 1.30 bits per heavy atom. The van der Waals surface area contributed by atoms with Gasteiger partial charge in [-0.1, -0.05) is 6.07 Å². The molecule has 0 aliphatic carbocycles. The number of carboxylic acid groups (broad SMARTS) is 1. The maximum Gasteiger partial charge on any atom is 0.534 e. The third-order valence-corrected chi connectivity index (χ3v) is 3.44. The van der Waals surface area contributed by atoms with Crippen molar-refractivity contribution in [1.29, 1.82) is 0 Å². The quantitative estimate of drug-likeness (QED) is 0.480. The first-order chi connectivity index (χ1) is 10.5. The van der Waals surface area contributed by atoms with E-state index in [1.165, 1.54) is 32.1 Å². The van der Waals surface area contributed by atoms with Crippen LogP contribution in [0.2, 0.25) is 0 Å². The lowest BCUT2D eigenvalue weighted by Crippen LogP contribution is -2.28. The summed E-state index contributed by atoms with van der Waals surface area (Å²) in [5, 5.41) is 8.78. The first-order valence-corrected chi connectivity index (χ1v) is 7.58. The molecule has 0 atom stereocenters. The molecule has 0 aliphatic rings. The molecule has 1 aromatic carbocycles. The highest BCUT2D eigenvalue weighted by Crippen LogP contribution is 2.34. The van der Waals surface area contributed by atoms with Crippen molar-refractivity contribution in [2.24, 2.45) is 0 Å². The fourth-order valence-corrected chi connectivity index (χ4v) is 1.90. The highest BCUT2D eigenvalue weighted by Gasteiger charge is 2.48. The molecule has 0 heterocycles. The first-order valence-electron chi connectivity index (χ1n) is 6.17. The SMILES string of the molecule is CCOc1cc(/C=C(\C)C(=O)O)ccc1OS(=O)(=O)C(F)(F)F. The number of aliphatic carboxylic acids is 1. The molecule has 10 heteroatoms. The van der Waals surface area contributed by atoms with E-state index in [-0.39, 0.29) is 17.9 Å². The number of ether oxygens (including phenoxy) is 1. The molecule has 0 unspecified atom stereocenters. The van der Waals surface area contributed by atoms with Crippen molar-refractivity contribution >= 4 is 22.2 Å². The first kappa shape index (κ1) is 18.8. The molecule has 1 aromatic rings. The molecule has 0 saturated carbocycles. The van der Waals surface area contributed by atoms with Crippen molar-refractivity contribution in [3.8, 4) is 11.5 Å². The Balaban J connectivity index is 3.25. The van der Waals surface area contributed by atoms with Crippen LogP contribution in [0.4, 0.5) is 13.2 Å². The van der Waals surface area contributed by atoms with Gasteiger partial charge in [0, 0.05) is 5.57 Å². The van der Waals surface area contributed by atoms with Crippen LogP contribution >= 0.6 is 0 Å². The summed E-state index contributed by atoms with van der Waals surface area (Å²) < 4.78 is 68.2. The Labute approximate surface area is 130 Å². The molecule has 0 radical (unpaired) electrons. The minimum Gasteiger partial charge on any atom is -0.490 e. The molecular formula is C13H13F3O6S. The summed E-state index contributed by atoms with van der Waals surface area (Å²) in [4.78, 5) is 10.8. The van der Waals surface area contributed by atoms with Crippen LogP contribution in [-0.2, 0) is 14.9 Å². The normalized spacial score (nSPS) is 12.8. The Morgan fingerprint density at radius 3 is 2.39 bits per heavy atom. The fourth-order valence-electron chi connectivity index (χ4n) is 1.43. The van der Waals surface area contributed by atoms with Crippen molar-refractivity contribution in [1.82, 2.24) is 0 Å². The number of benzene rings is 1. The minimum absolute atomic E-state index is 0.0240. The topological polar surface area (TPSA) is 89.9 Å². The average molecular weight is 354 g/mol. The second kappa shape index (κ2) is 6.90. The van der Waals surface area contributed by atoms with Crippen molar-refractivity contribution in [2.45, 2.75) is 19.4 Å². The van der Waals surface area contributed by atoms with Gasteiger partial charge in [-0.05, 0) is 37.6 Å². The Kier molecular flexibility index (Phi) is 5.65. The summed E-state index contributed by atoms with van der Waals surface area (Å²) in [7, 11) is -5.83. The number of hydrogen-bond acceptors (Lipinski definition) is 5. The molecule has 0 bridgehead atoms. The lowest BCUT2D eigenvalue weighted by Gasteiger charge is -2.13. The lowest BCUT2D eigenvalue weighted by molar-refractivity contribution is -0.132. The van der Waals surface area contributed by atoms with E-state index in [1.807, 2.05) is 0 Å². The van der Waals surface area contributed by atoms with Gasteiger partial charge in [0.2, 0.25) is 0 Å². The van der Waals surface area contributed by atoms with E-state index in [2.05, 4.69) is 4.18 Å². The van der Waals surface area contributed by atoms with E-state index < -0.39 is 27.3 Å². The molecule has 1 rings (SSSR count). The summed E-state index contributed by atoms with van der Waals surface area (Å²) in [5.74, 6) is -2.08. The molecule has 0 spiro atoms. The third kappa shape index (κ3) is 4.88. The van der Waals surface area contributed by atoms with E-state index in [0.29, 0.717) is 5.56 Å². The highest BCUT2D eigenvalue weighted by atomic mass is 32.2. The monoisotopic (exact) mass is 354 g/mol. The van der Waals surface area contributed by atoms with Crippen molar-refractivity contribution < 1.29 is 40.4 Å². The average Bonchev–Trinajstić information content (AvgIpc) is 2.40. The van der Waals surface area contributed by atoms with Gasteiger partial charge < -0.3 is 14.0 Å². The summed E-state index contributed by atoms with van der Waals surface area (Å²) in [6, 6.07) is 3.34. The van der Waals surface area contributed by atoms with Gasteiger partial charge in [0.15, 0.2) is 11.5 Å². The second-order valence-electron chi connectivity index (χ2n) is 4.25. The second-order valence-corrected chi connectivity index (χ2v) is 5.79. The van der Waals surface area contributed by atoms with Gasteiger partial charge in [-0.15, -0.1) is 0 Å². The van der Waals surface area contributed by atoms with Crippen LogP contribution in [0.5, 0.6) is 11.5 Å².